The molecule has 2 aromatic carbocycles. The predicted octanol–water partition coefficient (Wildman–Crippen LogP) is 4.63. The lowest BCUT2D eigenvalue weighted by Gasteiger charge is -2.10. The van der Waals surface area contributed by atoms with Crippen molar-refractivity contribution in [3.8, 4) is 0 Å². The zero-order chi connectivity index (χ0) is 22.5. The van der Waals surface area contributed by atoms with E-state index < -0.39 is 0 Å². The number of Topliss-reactive ketones (excluding diaryl/α,β-unsaturated/α-hetero) is 1. The smallest absolute Gasteiger partial charge is 0.229 e. The summed E-state index contributed by atoms with van der Waals surface area (Å²) in [6.45, 7) is 2.14. The van der Waals surface area contributed by atoms with Crippen molar-refractivity contribution < 1.29 is 9.59 Å². The van der Waals surface area contributed by atoms with Crippen molar-refractivity contribution in [3.05, 3.63) is 77.0 Å². The highest BCUT2D eigenvalue weighted by Crippen LogP contribution is 2.28. The summed E-state index contributed by atoms with van der Waals surface area (Å²) in [5.74, 6) is 0.843. The van der Waals surface area contributed by atoms with Crippen LogP contribution in [0.15, 0.2) is 60.3 Å². The van der Waals surface area contributed by atoms with E-state index in [1.165, 1.54) is 16.7 Å². The molecule has 1 heterocycles. The fourth-order valence-electron chi connectivity index (χ4n) is 3.62. The number of ketones is 1. The SMILES string of the molecule is CNC(=O)CCC(=O)c1cccc(Nc2nccc(Nc3ccc4c(c3)C=C(C)C4)n2)c1. The Morgan fingerprint density at radius 1 is 1.00 bits per heavy atom. The maximum atomic E-state index is 12.4. The van der Waals surface area contributed by atoms with Gasteiger partial charge < -0.3 is 16.0 Å². The molecule has 0 unspecified atom stereocenters. The highest BCUT2D eigenvalue weighted by Gasteiger charge is 2.11. The van der Waals surface area contributed by atoms with Crippen LogP contribution in [0.3, 0.4) is 0 Å². The first-order valence-electron chi connectivity index (χ1n) is 10.5. The zero-order valence-electron chi connectivity index (χ0n) is 18.1. The molecular weight excluding hydrogens is 402 g/mol. The number of rotatable bonds is 8. The van der Waals surface area contributed by atoms with Gasteiger partial charge in [0.25, 0.3) is 0 Å². The lowest BCUT2D eigenvalue weighted by Crippen LogP contribution is -2.18. The number of fused-ring (bicyclic) bond motifs is 1. The highest BCUT2D eigenvalue weighted by molar-refractivity contribution is 5.98. The molecule has 3 N–H and O–H groups in total. The molecule has 1 aliphatic rings. The van der Waals surface area contributed by atoms with E-state index in [-0.39, 0.29) is 24.5 Å². The van der Waals surface area contributed by atoms with Crippen LogP contribution in [0, 0.1) is 0 Å². The van der Waals surface area contributed by atoms with E-state index in [1.807, 2.05) is 12.1 Å². The van der Waals surface area contributed by atoms with Gasteiger partial charge in [-0.3, -0.25) is 9.59 Å². The lowest BCUT2D eigenvalue weighted by atomic mass is 10.1. The van der Waals surface area contributed by atoms with E-state index in [0.29, 0.717) is 23.0 Å². The molecule has 0 bridgehead atoms. The minimum Gasteiger partial charge on any atom is -0.359 e. The minimum atomic E-state index is -0.153. The van der Waals surface area contributed by atoms with Gasteiger partial charge in [0.2, 0.25) is 11.9 Å². The van der Waals surface area contributed by atoms with Gasteiger partial charge in [-0.15, -0.1) is 0 Å². The first-order valence-corrected chi connectivity index (χ1v) is 10.5. The summed E-state index contributed by atoms with van der Waals surface area (Å²) in [5, 5.41) is 8.99. The largest absolute Gasteiger partial charge is 0.359 e. The predicted molar refractivity (Wildman–Crippen MR) is 126 cm³/mol. The number of nitrogens with zero attached hydrogens (tertiary/aromatic N) is 2. The summed E-state index contributed by atoms with van der Waals surface area (Å²) in [7, 11) is 1.56. The normalized spacial score (nSPS) is 12.0. The number of nitrogens with one attached hydrogen (secondary N) is 3. The van der Waals surface area contributed by atoms with Gasteiger partial charge in [0, 0.05) is 43.0 Å². The molecule has 0 fully saturated rings. The van der Waals surface area contributed by atoms with Gasteiger partial charge >= 0.3 is 0 Å². The van der Waals surface area contributed by atoms with E-state index in [2.05, 4.69) is 51.1 Å². The third kappa shape index (κ3) is 5.18. The van der Waals surface area contributed by atoms with Gasteiger partial charge in [-0.05, 0) is 54.8 Å². The Bertz CT molecular complexity index is 1200. The molecular formula is C25H25N5O2. The first-order chi connectivity index (χ1) is 15.5. The van der Waals surface area contributed by atoms with Crippen molar-refractivity contribution in [2.24, 2.45) is 0 Å². The summed E-state index contributed by atoms with van der Waals surface area (Å²) in [4.78, 5) is 32.6. The number of carbonyl (C=O) groups excluding carboxylic acids is 2. The molecule has 0 saturated heterocycles. The van der Waals surface area contributed by atoms with Gasteiger partial charge in [0.1, 0.15) is 5.82 Å². The zero-order valence-corrected chi connectivity index (χ0v) is 18.1. The molecule has 32 heavy (non-hydrogen) atoms. The van der Waals surface area contributed by atoms with Crippen LogP contribution >= 0.6 is 0 Å². The topological polar surface area (TPSA) is 96.0 Å². The highest BCUT2D eigenvalue weighted by atomic mass is 16.2. The van der Waals surface area contributed by atoms with Crippen LogP contribution < -0.4 is 16.0 Å². The van der Waals surface area contributed by atoms with Crippen LogP contribution in [0.4, 0.5) is 23.1 Å². The summed E-state index contributed by atoms with van der Waals surface area (Å²) in [6.07, 6.45) is 5.21. The second kappa shape index (κ2) is 9.43. The van der Waals surface area contributed by atoms with Gasteiger partial charge in [0.05, 0.1) is 0 Å². The molecule has 0 saturated carbocycles. The number of carbonyl (C=O) groups is 2. The molecule has 7 nitrogen and oxygen atoms in total. The number of aromatic nitrogens is 2. The number of amides is 1. The number of hydrogen-bond donors (Lipinski definition) is 3. The van der Waals surface area contributed by atoms with Crippen LogP contribution in [0.1, 0.15) is 41.3 Å². The average molecular weight is 428 g/mol. The van der Waals surface area contributed by atoms with Crippen molar-refractivity contribution in [2.75, 3.05) is 17.7 Å². The van der Waals surface area contributed by atoms with Gasteiger partial charge in [-0.25, -0.2) is 4.98 Å². The van der Waals surface area contributed by atoms with E-state index in [1.54, 1.807) is 37.5 Å². The van der Waals surface area contributed by atoms with Crippen molar-refractivity contribution in [2.45, 2.75) is 26.2 Å². The Kier molecular flexibility index (Phi) is 6.26. The van der Waals surface area contributed by atoms with Gasteiger partial charge in [-0.1, -0.05) is 29.8 Å². The number of anilines is 4. The number of hydrogen-bond acceptors (Lipinski definition) is 6. The fraction of sp³-hybridized carbons (Fsp3) is 0.200. The molecule has 1 aromatic heterocycles. The third-order valence-electron chi connectivity index (χ3n) is 5.24. The maximum Gasteiger partial charge on any atom is 0.229 e. The second-order valence-corrected chi connectivity index (χ2v) is 7.77. The molecule has 0 atom stereocenters. The van der Waals surface area contributed by atoms with Crippen LogP contribution in [0.2, 0.25) is 0 Å². The molecule has 4 rings (SSSR count). The van der Waals surface area contributed by atoms with Crippen LogP contribution in [-0.2, 0) is 11.2 Å². The van der Waals surface area contributed by atoms with E-state index in [4.69, 9.17) is 0 Å². The van der Waals surface area contributed by atoms with E-state index in [9.17, 15) is 9.59 Å². The van der Waals surface area contributed by atoms with Crippen molar-refractivity contribution >= 4 is 40.9 Å². The second-order valence-electron chi connectivity index (χ2n) is 7.77. The molecule has 3 aromatic rings. The molecule has 1 aliphatic carbocycles. The fourth-order valence-corrected chi connectivity index (χ4v) is 3.62. The molecule has 0 aliphatic heterocycles. The van der Waals surface area contributed by atoms with E-state index in [0.717, 1.165) is 12.1 Å². The molecule has 162 valence electrons. The Labute approximate surface area is 187 Å². The lowest BCUT2D eigenvalue weighted by molar-refractivity contribution is -0.120. The number of allylic oxidation sites excluding steroid dienone is 1. The van der Waals surface area contributed by atoms with Gasteiger partial charge in [0.15, 0.2) is 5.78 Å². The molecule has 0 radical (unpaired) electrons. The Hall–Kier alpha value is -4.00. The summed E-state index contributed by atoms with van der Waals surface area (Å²) >= 11 is 0. The Morgan fingerprint density at radius 2 is 1.84 bits per heavy atom. The molecule has 0 spiro atoms. The van der Waals surface area contributed by atoms with Crippen molar-refractivity contribution in [1.29, 1.82) is 0 Å². The third-order valence-corrected chi connectivity index (χ3v) is 5.24. The summed E-state index contributed by atoms with van der Waals surface area (Å²) in [6, 6.07) is 15.2. The average Bonchev–Trinajstić information content (AvgIpc) is 3.17. The standard InChI is InChI=1S/C25H25N5O2/c1-16-12-17-6-7-21(15-19(17)13-16)28-23-10-11-27-25(30-23)29-20-5-3-4-18(14-20)22(31)8-9-24(32)26-2/h3-7,10-11,13-15H,8-9,12H2,1-2H3,(H,26,32)(H2,27,28,29,30). The van der Waals surface area contributed by atoms with Gasteiger partial charge in [-0.2, -0.15) is 4.98 Å². The Morgan fingerprint density at radius 3 is 2.69 bits per heavy atom. The Balaban J connectivity index is 1.44. The summed E-state index contributed by atoms with van der Waals surface area (Å²) in [5.41, 5.74) is 6.13. The van der Waals surface area contributed by atoms with E-state index >= 15 is 0 Å². The van der Waals surface area contributed by atoms with Crippen molar-refractivity contribution in [3.63, 3.8) is 0 Å². The minimum absolute atomic E-state index is 0.0884. The van der Waals surface area contributed by atoms with Crippen LogP contribution in [0.25, 0.3) is 6.08 Å². The van der Waals surface area contributed by atoms with Crippen LogP contribution in [0.5, 0.6) is 0 Å². The molecule has 7 heteroatoms. The number of benzene rings is 2. The van der Waals surface area contributed by atoms with Crippen LogP contribution in [-0.4, -0.2) is 28.7 Å². The maximum absolute atomic E-state index is 12.4. The monoisotopic (exact) mass is 427 g/mol. The summed E-state index contributed by atoms with van der Waals surface area (Å²) < 4.78 is 0. The van der Waals surface area contributed by atoms with Crippen molar-refractivity contribution in [1.82, 2.24) is 15.3 Å². The quantitative estimate of drug-likeness (QED) is 0.454. The first kappa shape index (κ1) is 21.2. The molecule has 1 amide bonds.